The van der Waals surface area contributed by atoms with Gasteiger partial charge >= 0.3 is 12.1 Å². The Balaban J connectivity index is 1.89. The SMILES string of the molecule is Cc1nn(C)c(C)c1NC(=O)[C@@H](C)OC(=O)COc1cccc(C(F)(F)F)c1. The Hall–Kier alpha value is -3.04. The number of anilines is 1. The van der Waals surface area contributed by atoms with Crippen LogP contribution < -0.4 is 10.1 Å². The third-order valence-corrected chi connectivity index (χ3v) is 3.95. The van der Waals surface area contributed by atoms with Crippen molar-refractivity contribution in [2.24, 2.45) is 7.05 Å². The fourth-order valence-corrected chi connectivity index (χ4v) is 2.37. The van der Waals surface area contributed by atoms with Crippen LogP contribution in [0.1, 0.15) is 23.9 Å². The van der Waals surface area contributed by atoms with Crippen molar-refractivity contribution in [3.63, 3.8) is 0 Å². The van der Waals surface area contributed by atoms with Crippen LogP contribution in [0.2, 0.25) is 0 Å². The molecule has 1 aromatic heterocycles. The van der Waals surface area contributed by atoms with E-state index in [2.05, 4.69) is 10.4 Å². The van der Waals surface area contributed by atoms with Crippen molar-refractivity contribution in [3.8, 4) is 5.75 Å². The lowest BCUT2D eigenvalue weighted by Gasteiger charge is -2.14. The summed E-state index contributed by atoms with van der Waals surface area (Å²) >= 11 is 0. The molecule has 1 atom stereocenters. The number of aromatic nitrogens is 2. The predicted octanol–water partition coefficient (Wildman–Crippen LogP) is 3.00. The molecule has 152 valence electrons. The largest absolute Gasteiger partial charge is 0.482 e. The molecule has 0 spiro atoms. The number of ether oxygens (including phenoxy) is 2. The van der Waals surface area contributed by atoms with Crippen molar-refractivity contribution in [2.75, 3.05) is 11.9 Å². The molecule has 0 unspecified atom stereocenters. The maximum absolute atomic E-state index is 12.7. The number of amides is 1. The minimum absolute atomic E-state index is 0.134. The highest BCUT2D eigenvalue weighted by Crippen LogP contribution is 2.31. The van der Waals surface area contributed by atoms with E-state index in [1.165, 1.54) is 13.0 Å². The Kier molecular flexibility index (Phi) is 6.32. The van der Waals surface area contributed by atoms with Crippen LogP contribution in [-0.4, -0.2) is 34.4 Å². The van der Waals surface area contributed by atoms with Crippen molar-refractivity contribution >= 4 is 17.6 Å². The Morgan fingerprint density at radius 2 is 1.96 bits per heavy atom. The van der Waals surface area contributed by atoms with E-state index in [4.69, 9.17) is 9.47 Å². The summed E-state index contributed by atoms with van der Waals surface area (Å²) in [6.07, 6.45) is -5.65. The van der Waals surface area contributed by atoms with Gasteiger partial charge in [-0.05, 0) is 39.0 Å². The van der Waals surface area contributed by atoms with Crippen molar-refractivity contribution in [2.45, 2.75) is 33.1 Å². The number of hydrogen-bond acceptors (Lipinski definition) is 5. The first-order valence-electron chi connectivity index (χ1n) is 8.29. The molecule has 0 bridgehead atoms. The van der Waals surface area contributed by atoms with Gasteiger partial charge in [-0.3, -0.25) is 9.48 Å². The van der Waals surface area contributed by atoms with Gasteiger partial charge in [0.05, 0.1) is 22.6 Å². The highest BCUT2D eigenvalue weighted by Gasteiger charge is 2.30. The standard InChI is InChI=1S/C18H20F3N3O4/c1-10-16(11(2)24(4)23-10)22-17(26)12(3)28-15(25)9-27-14-7-5-6-13(8-14)18(19,20)21/h5-8,12H,9H2,1-4H3,(H,22,26)/t12-/m1/s1. The first-order chi connectivity index (χ1) is 13.0. The predicted molar refractivity (Wildman–Crippen MR) is 93.8 cm³/mol. The van der Waals surface area contributed by atoms with Crippen molar-refractivity contribution in [1.29, 1.82) is 0 Å². The van der Waals surface area contributed by atoms with Crippen molar-refractivity contribution in [3.05, 3.63) is 41.2 Å². The first-order valence-corrected chi connectivity index (χ1v) is 8.29. The number of nitrogens with zero attached hydrogens (tertiary/aromatic N) is 2. The zero-order valence-electron chi connectivity index (χ0n) is 15.8. The molecule has 0 fully saturated rings. The van der Waals surface area contributed by atoms with Gasteiger partial charge in [0, 0.05) is 7.05 Å². The zero-order chi connectivity index (χ0) is 21.1. The number of alkyl halides is 3. The fraction of sp³-hybridized carbons (Fsp3) is 0.389. The Morgan fingerprint density at radius 1 is 1.29 bits per heavy atom. The molecule has 0 aliphatic heterocycles. The Labute approximate surface area is 159 Å². The van der Waals surface area contributed by atoms with Crippen LogP contribution in [0, 0.1) is 13.8 Å². The first kappa shape index (κ1) is 21.3. The van der Waals surface area contributed by atoms with Crippen LogP contribution in [0.25, 0.3) is 0 Å². The van der Waals surface area contributed by atoms with Gasteiger partial charge < -0.3 is 14.8 Å². The molecule has 1 amide bonds. The molecule has 0 radical (unpaired) electrons. The van der Waals surface area contributed by atoms with Crippen LogP contribution in [0.15, 0.2) is 24.3 Å². The fourth-order valence-electron chi connectivity index (χ4n) is 2.37. The number of nitrogens with one attached hydrogen (secondary N) is 1. The quantitative estimate of drug-likeness (QED) is 0.755. The number of carbonyl (C=O) groups is 2. The lowest BCUT2D eigenvalue weighted by molar-refractivity contribution is -0.155. The molecule has 0 aliphatic carbocycles. The molecule has 0 aliphatic rings. The summed E-state index contributed by atoms with van der Waals surface area (Å²) in [6.45, 7) is 4.24. The van der Waals surface area contributed by atoms with Gasteiger partial charge in [-0.25, -0.2) is 4.79 Å². The van der Waals surface area contributed by atoms with Crippen LogP contribution in [0.3, 0.4) is 0 Å². The van der Waals surface area contributed by atoms with E-state index in [9.17, 15) is 22.8 Å². The molecule has 10 heteroatoms. The van der Waals surface area contributed by atoms with E-state index in [0.717, 1.165) is 23.9 Å². The number of carbonyl (C=O) groups excluding carboxylic acids is 2. The third-order valence-electron chi connectivity index (χ3n) is 3.95. The van der Waals surface area contributed by atoms with Gasteiger partial charge in [-0.1, -0.05) is 6.07 Å². The van der Waals surface area contributed by atoms with E-state index in [1.54, 1.807) is 25.6 Å². The topological polar surface area (TPSA) is 82.5 Å². The van der Waals surface area contributed by atoms with E-state index >= 15 is 0 Å². The molecule has 2 aromatic rings. The third kappa shape index (κ3) is 5.24. The zero-order valence-corrected chi connectivity index (χ0v) is 15.8. The molecule has 1 aromatic carbocycles. The second-order valence-electron chi connectivity index (χ2n) is 6.11. The van der Waals surface area contributed by atoms with Crippen molar-refractivity contribution < 1.29 is 32.2 Å². The number of benzene rings is 1. The van der Waals surface area contributed by atoms with E-state index in [0.29, 0.717) is 11.4 Å². The number of aryl methyl sites for hydroxylation is 2. The Bertz CT molecular complexity index is 877. The maximum atomic E-state index is 12.7. The maximum Gasteiger partial charge on any atom is 0.416 e. The van der Waals surface area contributed by atoms with Gasteiger partial charge in [-0.15, -0.1) is 0 Å². The number of halogens is 3. The van der Waals surface area contributed by atoms with E-state index < -0.39 is 36.3 Å². The molecule has 0 saturated heterocycles. The second-order valence-corrected chi connectivity index (χ2v) is 6.11. The number of rotatable bonds is 6. The minimum Gasteiger partial charge on any atom is -0.482 e. The van der Waals surface area contributed by atoms with E-state index in [1.807, 2.05) is 0 Å². The number of esters is 1. The highest BCUT2D eigenvalue weighted by molar-refractivity contribution is 5.96. The lowest BCUT2D eigenvalue weighted by Crippen LogP contribution is -2.32. The second kappa shape index (κ2) is 8.32. The molecule has 7 nitrogen and oxygen atoms in total. The van der Waals surface area contributed by atoms with E-state index in [-0.39, 0.29) is 5.75 Å². The summed E-state index contributed by atoms with van der Waals surface area (Å²) in [5.74, 6) is -1.59. The smallest absolute Gasteiger partial charge is 0.416 e. The molecule has 1 N–H and O–H groups in total. The van der Waals surface area contributed by atoms with Gasteiger partial charge in [0.1, 0.15) is 5.75 Å². The summed E-state index contributed by atoms with van der Waals surface area (Å²) in [5, 5.41) is 6.80. The van der Waals surface area contributed by atoms with Gasteiger partial charge in [0.25, 0.3) is 5.91 Å². The average Bonchev–Trinajstić information content (AvgIpc) is 2.85. The molecule has 28 heavy (non-hydrogen) atoms. The lowest BCUT2D eigenvalue weighted by atomic mass is 10.2. The summed E-state index contributed by atoms with van der Waals surface area (Å²) in [5.41, 5.74) is 0.973. The van der Waals surface area contributed by atoms with Gasteiger partial charge in [0.2, 0.25) is 0 Å². The summed E-state index contributed by atoms with van der Waals surface area (Å²) in [7, 11) is 1.73. The monoisotopic (exact) mass is 399 g/mol. The Morgan fingerprint density at radius 3 is 2.54 bits per heavy atom. The number of hydrogen-bond donors (Lipinski definition) is 1. The minimum atomic E-state index is -4.52. The highest BCUT2D eigenvalue weighted by atomic mass is 19.4. The van der Waals surface area contributed by atoms with Gasteiger partial charge in [-0.2, -0.15) is 18.3 Å². The van der Waals surface area contributed by atoms with Crippen LogP contribution >= 0.6 is 0 Å². The summed E-state index contributed by atoms with van der Waals surface area (Å²) in [4.78, 5) is 24.0. The molecule has 1 heterocycles. The van der Waals surface area contributed by atoms with Crippen LogP contribution in [0.4, 0.5) is 18.9 Å². The average molecular weight is 399 g/mol. The molecule has 0 saturated carbocycles. The van der Waals surface area contributed by atoms with Crippen LogP contribution in [-0.2, 0) is 27.5 Å². The summed E-state index contributed by atoms with van der Waals surface area (Å²) in [6, 6.07) is 4.11. The van der Waals surface area contributed by atoms with Crippen molar-refractivity contribution in [1.82, 2.24) is 9.78 Å². The molecular formula is C18H20F3N3O4. The summed E-state index contributed by atoms with van der Waals surface area (Å²) < 4.78 is 49.6. The normalized spacial score (nSPS) is 12.4. The molecule has 2 rings (SSSR count). The van der Waals surface area contributed by atoms with Crippen LogP contribution in [0.5, 0.6) is 5.75 Å². The van der Waals surface area contributed by atoms with Gasteiger partial charge in [0.15, 0.2) is 12.7 Å². The molecular weight excluding hydrogens is 379 g/mol.